The molecule has 0 radical (unpaired) electrons. The van der Waals surface area contributed by atoms with Crippen LogP contribution in [0.25, 0.3) is 11.0 Å². The summed E-state index contributed by atoms with van der Waals surface area (Å²) in [5, 5.41) is 7.80. The molecule has 0 aliphatic carbocycles. The van der Waals surface area contributed by atoms with Crippen molar-refractivity contribution in [2.24, 2.45) is 5.73 Å². The predicted molar refractivity (Wildman–Crippen MR) is 54.7 cm³/mol. The molecule has 0 bridgehead atoms. The molecule has 0 unspecified atom stereocenters. The number of aromatic nitrogens is 3. The normalized spacial score (nSPS) is 10.8. The summed E-state index contributed by atoms with van der Waals surface area (Å²) in [5.41, 5.74) is 6.53. The molecule has 0 saturated carbocycles. The first-order valence-corrected chi connectivity index (χ1v) is 4.78. The van der Waals surface area contributed by atoms with Crippen molar-refractivity contribution in [3.05, 3.63) is 29.8 Å². The van der Waals surface area contributed by atoms with Gasteiger partial charge in [0.2, 0.25) is 0 Å². The lowest BCUT2D eigenvalue weighted by Crippen LogP contribution is -2.04. The SMILES string of the molecule is NCCCc1nnc2cc(F)ccc2n1. The third-order valence-electron chi connectivity index (χ3n) is 2.06. The summed E-state index contributed by atoms with van der Waals surface area (Å²) in [7, 11) is 0. The standard InChI is InChI=1S/C10H11FN4/c11-7-3-4-8-9(6-7)14-15-10(13-8)2-1-5-12/h3-4,6H,1-2,5,12H2. The lowest BCUT2D eigenvalue weighted by Gasteiger charge is -1.99. The molecule has 2 rings (SSSR count). The summed E-state index contributed by atoms with van der Waals surface area (Å²) in [6.45, 7) is 0.602. The molecule has 4 nitrogen and oxygen atoms in total. The highest BCUT2D eigenvalue weighted by Crippen LogP contribution is 2.10. The minimum Gasteiger partial charge on any atom is -0.330 e. The van der Waals surface area contributed by atoms with Gasteiger partial charge in [-0.05, 0) is 25.1 Å². The largest absolute Gasteiger partial charge is 0.330 e. The first-order valence-electron chi connectivity index (χ1n) is 4.78. The Morgan fingerprint density at radius 2 is 2.07 bits per heavy atom. The van der Waals surface area contributed by atoms with Gasteiger partial charge in [-0.25, -0.2) is 9.37 Å². The zero-order chi connectivity index (χ0) is 10.7. The van der Waals surface area contributed by atoms with E-state index in [4.69, 9.17) is 5.73 Å². The van der Waals surface area contributed by atoms with E-state index < -0.39 is 0 Å². The Balaban J connectivity index is 2.34. The molecule has 78 valence electrons. The number of hydrogen-bond donors (Lipinski definition) is 1. The van der Waals surface area contributed by atoms with E-state index in [2.05, 4.69) is 15.2 Å². The molecule has 0 fully saturated rings. The molecule has 0 aliphatic heterocycles. The Hall–Kier alpha value is -1.62. The fraction of sp³-hybridized carbons (Fsp3) is 0.300. The molecule has 2 N–H and O–H groups in total. The molecule has 2 aromatic rings. The Kier molecular flexibility index (Phi) is 2.82. The average Bonchev–Trinajstić information content (AvgIpc) is 2.26. The Bertz CT molecular complexity index is 472. The zero-order valence-electron chi connectivity index (χ0n) is 8.15. The summed E-state index contributed by atoms with van der Waals surface area (Å²) in [4.78, 5) is 4.26. The molecular formula is C10H11FN4. The fourth-order valence-corrected chi connectivity index (χ4v) is 1.31. The van der Waals surface area contributed by atoms with E-state index in [0.29, 0.717) is 29.8 Å². The number of aryl methyl sites for hydroxylation is 1. The number of rotatable bonds is 3. The summed E-state index contributed by atoms with van der Waals surface area (Å²) < 4.78 is 12.8. The second-order valence-corrected chi connectivity index (χ2v) is 3.25. The molecule has 0 spiro atoms. The highest BCUT2D eigenvalue weighted by atomic mass is 19.1. The first kappa shape index (κ1) is 9.92. The van der Waals surface area contributed by atoms with E-state index in [9.17, 15) is 4.39 Å². The molecule has 1 aromatic carbocycles. The van der Waals surface area contributed by atoms with Crippen LogP contribution in [0.4, 0.5) is 4.39 Å². The maximum absolute atomic E-state index is 12.8. The van der Waals surface area contributed by atoms with Gasteiger partial charge in [-0.1, -0.05) is 0 Å². The van der Waals surface area contributed by atoms with Crippen LogP contribution in [-0.2, 0) is 6.42 Å². The van der Waals surface area contributed by atoms with E-state index in [1.54, 1.807) is 6.07 Å². The average molecular weight is 206 g/mol. The number of hydrogen-bond acceptors (Lipinski definition) is 4. The minimum absolute atomic E-state index is 0.326. The van der Waals surface area contributed by atoms with Crippen LogP contribution in [0.5, 0.6) is 0 Å². The van der Waals surface area contributed by atoms with Crippen molar-refractivity contribution in [3.8, 4) is 0 Å². The molecule has 0 aliphatic rings. The van der Waals surface area contributed by atoms with E-state index in [0.717, 1.165) is 6.42 Å². The molecule has 0 amide bonds. The van der Waals surface area contributed by atoms with E-state index >= 15 is 0 Å². The highest BCUT2D eigenvalue weighted by Gasteiger charge is 2.02. The first-order chi connectivity index (χ1) is 7.29. The van der Waals surface area contributed by atoms with E-state index in [1.807, 2.05) is 0 Å². The topological polar surface area (TPSA) is 64.7 Å². The third kappa shape index (κ3) is 2.24. The van der Waals surface area contributed by atoms with Gasteiger partial charge >= 0.3 is 0 Å². The van der Waals surface area contributed by atoms with Gasteiger partial charge in [0.15, 0.2) is 5.82 Å². The van der Waals surface area contributed by atoms with Gasteiger partial charge in [0, 0.05) is 12.5 Å². The van der Waals surface area contributed by atoms with Crippen molar-refractivity contribution in [3.63, 3.8) is 0 Å². The maximum Gasteiger partial charge on any atom is 0.151 e. The van der Waals surface area contributed by atoms with Gasteiger partial charge < -0.3 is 5.73 Å². The van der Waals surface area contributed by atoms with Gasteiger partial charge in [0.25, 0.3) is 0 Å². The predicted octanol–water partition coefficient (Wildman–Crippen LogP) is 1.06. The smallest absolute Gasteiger partial charge is 0.151 e. The van der Waals surface area contributed by atoms with Crippen molar-refractivity contribution in [1.82, 2.24) is 15.2 Å². The van der Waals surface area contributed by atoms with Gasteiger partial charge in [0.05, 0.1) is 5.52 Å². The molecule has 1 aromatic heterocycles. The van der Waals surface area contributed by atoms with Crippen molar-refractivity contribution in [1.29, 1.82) is 0 Å². The molecular weight excluding hydrogens is 195 g/mol. The van der Waals surface area contributed by atoms with Crippen molar-refractivity contribution in [2.75, 3.05) is 6.54 Å². The van der Waals surface area contributed by atoms with Gasteiger partial charge in [0.1, 0.15) is 11.3 Å². The van der Waals surface area contributed by atoms with Crippen LogP contribution in [0.2, 0.25) is 0 Å². The Morgan fingerprint density at radius 1 is 1.20 bits per heavy atom. The van der Waals surface area contributed by atoms with Crippen molar-refractivity contribution >= 4 is 11.0 Å². The second-order valence-electron chi connectivity index (χ2n) is 3.25. The number of benzene rings is 1. The van der Waals surface area contributed by atoms with Crippen molar-refractivity contribution in [2.45, 2.75) is 12.8 Å². The third-order valence-corrected chi connectivity index (χ3v) is 2.06. The number of fused-ring (bicyclic) bond motifs is 1. The Labute approximate surface area is 86.3 Å². The quantitative estimate of drug-likeness (QED) is 0.815. The highest BCUT2D eigenvalue weighted by molar-refractivity contribution is 5.73. The van der Waals surface area contributed by atoms with Gasteiger partial charge in [-0.3, -0.25) is 0 Å². The molecule has 5 heteroatoms. The molecule has 0 atom stereocenters. The summed E-state index contributed by atoms with van der Waals surface area (Å²) in [6.07, 6.45) is 1.53. The van der Waals surface area contributed by atoms with E-state index in [1.165, 1.54) is 12.1 Å². The van der Waals surface area contributed by atoms with Crippen LogP contribution in [-0.4, -0.2) is 21.7 Å². The minimum atomic E-state index is -0.326. The summed E-state index contributed by atoms with van der Waals surface area (Å²) in [6, 6.07) is 4.29. The number of nitrogens with zero attached hydrogens (tertiary/aromatic N) is 3. The molecule has 1 heterocycles. The summed E-state index contributed by atoms with van der Waals surface area (Å²) >= 11 is 0. The van der Waals surface area contributed by atoms with Gasteiger partial charge in [-0.2, -0.15) is 0 Å². The number of halogens is 1. The monoisotopic (exact) mass is 206 g/mol. The molecule has 0 saturated heterocycles. The lowest BCUT2D eigenvalue weighted by atomic mass is 10.2. The van der Waals surface area contributed by atoms with Crippen LogP contribution in [0, 0.1) is 5.82 Å². The van der Waals surface area contributed by atoms with Crippen LogP contribution in [0.1, 0.15) is 12.2 Å². The van der Waals surface area contributed by atoms with Crippen molar-refractivity contribution < 1.29 is 4.39 Å². The molecule has 15 heavy (non-hydrogen) atoms. The Morgan fingerprint density at radius 3 is 2.87 bits per heavy atom. The summed E-state index contributed by atoms with van der Waals surface area (Å²) in [5.74, 6) is 0.327. The fourth-order valence-electron chi connectivity index (χ4n) is 1.31. The lowest BCUT2D eigenvalue weighted by molar-refractivity contribution is 0.628. The zero-order valence-corrected chi connectivity index (χ0v) is 8.15. The number of nitrogens with two attached hydrogens (primary N) is 1. The van der Waals surface area contributed by atoms with Crippen LogP contribution in [0.15, 0.2) is 18.2 Å². The van der Waals surface area contributed by atoms with Gasteiger partial charge in [-0.15, -0.1) is 10.2 Å². The maximum atomic E-state index is 12.8. The second kappa shape index (κ2) is 4.27. The van der Waals surface area contributed by atoms with Crippen LogP contribution < -0.4 is 5.73 Å². The van der Waals surface area contributed by atoms with E-state index in [-0.39, 0.29) is 5.82 Å². The van der Waals surface area contributed by atoms with Crippen LogP contribution in [0.3, 0.4) is 0 Å². The van der Waals surface area contributed by atoms with Crippen LogP contribution >= 0.6 is 0 Å².